The van der Waals surface area contributed by atoms with Gasteiger partial charge in [-0.3, -0.25) is 0 Å². The van der Waals surface area contributed by atoms with E-state index in [1.165, 1.54) is 5.56 Å². The minimum Gasteiger partial charge on any atom is -0.491 e. The summed E-state index contributed by atoms with van der Waals surface area (Å²) in [4.78, 5) is 0. The lowest BCUT2D eigenvalue weighted by Gasteiger charge is -2.11. The smallest absolute Gasteiger partial charge is 0.119 e. The van der Waals surface area contributed by atoms with E-state index in [1.54, 1.807) is 0 Å². The second kappa shape index (κ2) is 4.31. The van der Waals surface area contributed by atoms with Crippen LogP contribution in [0.25, 0.3) is 0 Å². The maximum absolute atomic E-state index is 5.55. The highest BCUT2D eigenvalue weighted by molar-refractivity contribution is 5.28. The number of ether oxygens (including phenoxy) is 1. The number of benzene rings is 1. The van der Waals surface area contributed by atoms with Crippen molar-refractivity contribution in [3.8, 4) is 5.75 Å². The lowest BCUT2D eigenvalue weighted by Crippen LogP contribution is -2.05. The summed E-state index contributed by atoms with van der Waals surface area (Å²) >= 11 is 0. The highest BCUT2D eigenvalue weighted by Crippen LogP contribution is 2.19. The second-order valence-electron chi connectivity index (χ2n) is 3.89. The molecule has 0 aliphatic heterocycles. The molecular weight excluding hydrogens is 160 g/mol. The van der Waals surface area contributed by atoms with Crippen LogP contribution in [0.4, 0.5) is 0 Å². The maximum atomic E-state index is 5.55. The van der Waals surface area contributed by atoms with Crippen molar-refractivity contribution in [2.24, 2.45) is 0 Å². The van der Waals surface area contributed by atoms with Crippen molar-refractivity contribution in [1.82, 2.24) is 0 Å². The van der Waals surface area contributed by atoms with E-state index in [0.717, 1.165) is 5.75 Å². The summed E-state index contributed by atoms with van der Waals surface area (Å²) in [6.45, 7) is 8.46. The molecule has 0 unspecified atom stereocenters. The van der Waals surface area contributed by atoms with E-state index in [-0.39, 0.29) is 6.10 Å². The molecule has 0 aromatic heterocycles. The summed E-state index contributed by atoms with van der Waals surface area (Å²) in [5, 5.41) is 0. The molecule has 1 aromatic rings. The third kappa shape index (κ3) is 3.10. The van der Waals surface area contributed by atoms with Gasteiger partial charge >= 0.3 is 0 Å². The van der Waals surface area contributed by atoms with E-state index in [2.05, 4.69) is 26.0 Å². The van der Waals surface area contributed by atoms with Crippen LogP contribution in [0.2, 0.25) is 0 Å². The van der Waals surface area contributed by atoms with Crippen molar-refractivity contribution in [2.45, 2.75) is 39.7 Å². The standard InChI is InChI=1S/C12H18O/c1-9(2)11-5-7-12(8-6-11)13-10(3)4/h5-10H,1-4H3. The van der Waals surface area contributed by atoms with Crippen LogP contribution in [0.5, 0.6) is 5.75 Å². The molecule has 0 saturated heterocycles. The molecule has 0 radical (unpaired) electrons. The van der Waals surface area contributed by atoms with E-state index in [9.17, 15) is 0 Å². The van der Waals surface area contributed by atoms with Crippen molar-refractivity contribution in [3.05, 3.63) is 29.8 Å². The predicted octanol–water partition coefficient (Wildman–Crippen LogP) is 3.60. The van der Waals surface area contributed by atoms with Gasteiger partial charge in [0.2, 0.25) is 0 Å². The van der Waals surface area contributed by atoms with Crippen molar-refractivity contribution in [1.29, 1.82) is 0 Å². The van der Waals surface area contributed by atoms with Crippen LogP contribution in [0.3, 0.4) is 0 Å². The van der Waals surface area contributed by atoms with Gasteiger partial charge in [-0.25, -0.2) is 0 Å². The normalized spacial score (nSPS) is 10.9. The van der Waals surface area contributed by atoms with Crippen LogP contribution < -0.4 is 4.74 Å². The van der Waals surface area contributed by atoms with E-state index in [1.807, 2.05) is 26.0 Å². The topological polar surface area (TPSA) is 9.23 Å². The molecule has 0 amide bonds. The van der Waals surface area contributed by atoms with E-state index >= 15 is 0 Å². The van der Waals surface area contributed by atoms with Crippen LogP contribution in [0.15, 0.2) is 24.3 Å². The first-order valence-electron chi connectivity index (χ1n) is 4.86. The molecule has 1 rings (SSSR count). The first-order valence-corrected chi connectivity index (χ1v) is 4.86. The zero-order valence-corrected chi connectivity index (χ0v) is 8.87. The molecule has 0 N–H and O–H groups in total. The summed E-state index contributed by atoms with van der Waals surface area (Å²) in [5.41, 5.74) is 1.36. The Hall–Kier alpha value is -0.980. The summed E-state index contributed by atoms with van der Waals surface area (Å²) < 4.78 is 5.55. The molecule has 0 spiro atoms. The van der Waals surface area contributed by atoms with Gasteiger partial charge in [0.15, 0.2) is 0 Å². The Balaban J connectivity index is 2.70. The molecular formula is C12H18O. The first-order chi connectivity index (χ1) is 6.09. The minimum absolute atomic E-state index is 0.255. The van der Waals surface area contributed by atoms with Gasteiger partial charge in [-0.05, 0) is 37.5 Å². The second-order valence-corrected chi connectivity index (χ2v) is 3.89. The fraction of sp³-hybridized carbons (Fsp3) is 0.500. The van der Waals surface area contributed by atoms with Gasteiger partial charge in [0.05, 0.1) is 6.10 Å². The average Bonchev–Trinajstić information content (AvgIpc) is 2.04. The Morgan fingerprint density at radius 2 is 1.46 bits per heavy atom. The average molecular weight is 178 g/mol. The quantitative estimate of drug-likeness (QED) is 0.687. The van der Waals surface area contributed by atoms with E-state index < -0.39 is 0 Å². The van der Waals surface area contributed by atoms with E-state index in [4.69, 9.17) is 4.74 Å². The molecule has 0 bridgehead atoms. The Bertz CT molecular complexity index is 246. The van der Waals surface area contributed by atoms with Crippen LogP contribution in [-0.2, 0) is 0 Å². The van der Waals surface area contributed by atoms with Crippen molar-refractivity contribution < 1.29 is 4.74 Å². The van der Waals surface area contributed by atoms with Gasteiger partial charge in [0.1, 0.15) is 5.75 Å². The molecule has 1 aromatic carbocycles. The van der Waals surface area contributed by atoms with Crippen molar-refractivity contribution in [3.63, 3.8) is 0 Å². The third-order valence-electron chi connectivity index (χ3n) is 1.92. The molecule has 0 fully saturated rings. The fourth-order valence-corrected chi connectivity index (χ4v) is 1.20. The van der Waals surface area contributed by atoms with Crippen LogP contribution in [0, 0.1) is 0 Å². The van der Waals surface area contributed by atoms with Crippen LogP contribution in [-0.4, -0.2) is 6.10 Å². The number of hydrogen-bond donors (Lipinski definition) is 0. The Labute approximate surface area is 80.7 Å². The molecule has 0 aliphatic carbocycles. The highest BCUT2D eigenvalue weighted by atomic mass is 16.5. The molecule has 1 heteroatoms. The van der Waals surface area contributed by atoms with E-state index in [0.29, 0.717) is 5.92 Å². The molecule has 72 valence electrons. The monoisotopic (exact) mass is 178 g/mol. The lowest BCUT2D eigenvalue weighted by molar-refractivity contribution is 0.242. The van der Waals surface area contributed by atoms with Crippen molar-refractivity contribution in [2.75, 3.05) is 0 Å². The first kappa shape index (κ1) is 10.1. The summed E-state index contributed by atoms with van der Waals surface area (Å²) in [5.74, 6) is 1.55. The van der Waals surface area contributed by atoms with Crippen LogP contribution >= 0.6 is 0 Å². The Morgan fingerprint density at radius 3 is 1.85 bits per heavy atom. The lowest BCUT2D eigenvalue weighted by atomic mass is 10.0. The maximum Gasteiger partial charge on any atom is 0.119 e. The third-order valence-corrected chi connectivity index (χ3v) is 1.92. The van der Waals surface area contributed by atoms with Crippen LogP contribution in [0.1, 0.15) is 39.2 Å². The zero-order valence-electron chi connectivity index (χ0n) is 8.87. The number of rotatable bonds is 3. The minimum atomic E-state index is 0.255. The summed E-state index contributed by atoms with van der Waals surface area (Å²) in [6.07, 6.45) is 0.255. The summed E-state index contributed by atoms with van der Waals surface area (Å²) in [7, 11) is 0. The molecule has 0 saturated carbocycles. The van der Waals surface area contributed by atoms with Gasteiger partial charge in [0.25, 0.3) is 0 Å². The van der Waals surface area contributed by atoms with Crippen molar-refractivity contribution >= 4 is 0 Å². The molecule has 0 aliphatic rings. The zero-order chi connectivity index (χ0) is 9.84. The van der Waals surface area contributed by atoms with Gasteiger partial charge in [-0.15, -0.1) is 0 Å². The molecule has 0 atom stereocenters. The Kier molecular flexibility index (Phi) is 3.35. The van der Waals surface area contributed by atoms with Gasteiger partial charge in [-0.2, -0.15) is 0 Å². The SMILES string of the molecule is CC(C)Oc1ccc(C(C)C)cc1. The largest absolute Gasteiger partial charge is 0.491 e. The highest BCUT2D eigenvalue weighted by Gasteiger charge is 2.00. The predicted molar refractivity (Wildman–Crippen MR) is 56.3 cm³/mol. The fourth-order valence-electron chi connectivity index (χ4n) is 1.20. The van der Waals surface area contributed by atoms with Gasteiger partial charge in [0, 0.05) is 0 Å². The molecule has 13 heavy (non-hydrogen) atoms. The Morgan fingerprint density at radius 1 is 0.923 bits per heavy atom. The van der Waals surface area contributed by atoms with Gasteiger partial charge < -0.3 is 4.74 Å². The molecule has 1 nitrogen and oxygen atoms in total. The molecule has 0 heterocycles. The van der Waals surface area contributed by atoms with Gasteiger partial charge in [-0.1, -0.05) is 26.0 Å². The summed E-state index contributed by atoms with van der Waals surface area (Å²) in [6, 6.07) is 8.33. The number of hydrogen-bond acceptors (Lipinski definition) is 1.